The summed E-state index contributed by atoms with van der Waals surface area (Å²) in [4.78, 5) is 20.7. The fourth-order valence-corrected chi connectivity index (χ4v) is 3.05. The van der Waals surface area contributed by atoms with Gasteiger partial charge < -0.3 is 15.4 Å². The number of carbonyl (C=O) groups excluding carboxylic acids is 1. The zero-order valence-corrected chi connectivity index (χ0v) is 14.8. The van der Waals surface area contributed by atoms with Gasteiger partial charge in [0.1, 0.15) is 17.3 Å². The van der Waals surface area contributed by atoms with Crippen molar-refractivity contribution >= 4 is 16.9 Å². The smallest absolute Gasteiger partial charge is 0.270 e. The molecular weight excluding hydrogens is 342 g/mol. The molecular formula is C20H19N5O2. The molecule has 0 spiro atoms. The Bertz CT molecular complexity index is 1050. The summed E-state index contributed by atoms with van der Waals surface area (Å²) in [6.07, 6.45) is 2.12. The van der Waals surface area contributed by atoms with Gasteiger partial charge in [-0.15, -0.1) is 0 Å². The van der Waals surface area contributed by atoms with Crippen LogP contribution in [0, 0.1) is 0 Å². The molecule has 1 atom stereocenters. The van der Waals surface area contributed by atoms with E-state index in [1.165, 1.54) is 4.68 Å². The van der Waals surface area contributed by atoms with Crippen LogP contribution in [0.5, 0.6) is 5.75 Å². The van der Waals surface area contributed by atoms with Crippen LogP contribution >= 0.6 is 0 Å². The number of phenols is 1. The van der Waals surface area contributed by atoms with Crippen molar-refractivity contribution in [2.24, 2.45) is 7.05 Å². The van der Waals surface area contributed by atoms with Gasteiger partial charge in [0.2, 0.25) is 0 Å². The van der Waals surface area contributed by atoms with Gasteiger partial charge in [0.15, 0.2) is 0 Å². The lowest BCUT2D eigenvalue weighted by atomic mass is 10.0. The molecule has 0 fully saturated rings. The molecule has 3 N–H and O–H groups in total. The molecule has 136 valence electrons. The number of rotatable bonds is 5. The van der Waals surface area contributed by atoms with Gasteiger partial charge in [0.05, 0.1) is 17.1 Å². The second-order valence-electron chi connectivity index (χ2n) is 6.38. The Morgan fingerprint density at radius 2 is 1.96 bits per heavy atom. The van der Waals surface area contributed by atoms with Gasteiger partial charge in [-0.2, -0.15) is 5.10 Å². The maximum absolute atomic E-state index is 12.7. The number of para-hydroxylation sites is 2. The minimum Gasteiger partial charge on any atom is -0.508 e. The third-order valence-electron chi connectivity index (χ3n) is 4.47. The summed E-state index contributed by atoms with van der Waals surface area (Å²) in [6, 6.07) is 16.0. The van der Waals surface area contributed by atoms with Gasteiger partial charge in [0, 0.05) is 13.2 Å². The maximum atomic E-state index is 12.7. The van der Waals surface area contributed by atoms with Crippen molar-refractivity contribution in [2.45, 2.75) is 12.5 Å². The predicted molar refractivity (Wildman–Crippen MR) is 101 cm³/mol. The number of benzene rings is 2. The molecule has 0 bridgehead atoms. The number of aromatic hydroxyl groups is 1. The van der Waals surface area contributed by atoms with Crippen molar-refractivity contribution in [2.75, 3.05) is 0 Å². The van der Waals surface area contributed by atoms with E-state index in [4.69, 9.17) is 0 Å². The first-order valence-corrected chi connectivity index (χ1v) is 8.61. The fourth-order valence-electron chi connectivity index (χ4n) is 3.05. The monoisotopic (exact) mass is 361 g/mol. The number of aromatic nitrogens is 4. The molecule has 7 nitrogen and oxygen atoms in total. The lowest BCUT2D eigenvalue weighted by Crippen LogP contribution is -2.32. The zero-order valence-electron chi connectivity index (χ0n) is 14.8. The van der Waals surface area contributed by atoms with Crippen LogP contribution in [-0.4, -0.2) is 30.8 Å². The molecule has 0 unspecified atom stereocenters. The first-order chi connectivity index (χ1) is 13.1. The number of phenolic OH excluding ortho intramolecular Hbond substituents is 1. The second kappa shape index (κ2) is 6.95. The lowest BCUT2D eigenvalue weighted by molar-refractivity contribution is 0.0925. The minimum absolute atomic E-state index is 0.206. The van der Waals surface area contributed by atoms with E-state index < -0.39 is 0 Å². The van der Waals surface area contributed by atoms with Gasteiger partial charge >= 0.3 is 0 Å². The Kier molecular flexibility index (Phi) is 4.33. The van der Waals surface area contributed by atoms with E-state index in [-0.39, 0.29) is 17.7 Å². The molecule has 0 saturated heterocycles. The third-order valence-corrected chi connectivity index (χ3v) is 4.47. The van der Waals surface area contributed by atoms with Gasteiger partial charge in [-0.3, -0.25) is 9.48 Å². The number of aromatic amines is 1. The standard InChI is InChI=1S/C20H19N5O2/c1-25-18(10-11-21-25)20(27)24-17(12-13-6-8-14(26)9-7-13)19-22-15-4-2-3-5-16(15)23-19/h2-11,17,26H,12H2,1H3,(H,22,23)(H,24,27)/t17-/m0/s1. The Hall–Kier alpha value is -3.61. The van der Waals surface area contributed by atoms with E-state index in [1.807, 2.05) is 36.4 Å². The van der Waals surface area contributed by atoms with Crippen LogP contribution in [0.1, 0.15) is 27.9 Å². The Morgan fingerprint density at radius 3 is 2.67 bits per heavy atom. The molecule has 7 heteroatoms. The largest absolute Gasteiger partial charge is 0.508 e. The average molecular weight is 361 g/mol. The summed E-state index contributed by atoms with van der Waals surface area (Å²) >= 11 is 0. The quantitative estimate of drug-likeness (QED) is 0.509. The first kappa shape index (κ1) is 16.8. The Morgan fingerprint density at radius 1 is 1.19 bits per heavy atom. The van der Waals surface area contributed by atoms with E-state index in [0.717, 1.165) is 16.6 Å². The normalized spacial score (nSPS) is 12.2. The first-order valence-electron chi connectivity index (χ1n) is 8.61. The summed E-state index contributed by atoms with van der Waals surface area (Å²) in [5.41, 5.74) is 3.21. The van der Waals surface area contributed by atoms with Gasteiger partial charge in [-0.1, -0.05) is 24.3 Å². The van der Waals surface area contributed by atoms with Crippen LogP contribution in [0.4, 0.5) is 0 Å². The van der Waals surface area contributed by atoms with E-state index in [9.17, 15) is 9.90 Å². The lowest BCUT2D eigenvalue weighted by Gasteiger charge is -2.17. The molecule has 0 saturated carbocycles. The molecule has 1 amide bonds. The number of aryl methyl sites for hydroxylation is 1. The number of nitrogens with zero attached hydrogens (tertiary/aromatic N) is 3. The number of H-pyrrole nitrogens is 1. The summed E-state index contributed by atoms with van der Waals surface area (Å²) < 4.78 is 1.53. The van der Waals surface area contributed by atoms with Gasteiger partial charge in [-0.25, -0.2) is 4.98 Å². The molecule has 0 radical (unpaired) electrons. The van der Waals surface area contributed by atoms with Crippen molar-refractivity contribution < 1.29 is 9.90 Å². The van der Waals surface area contributed by atoms with Crippen LogP contribution < -0.4 is 5.32 Å². The predicted octanol–water partition coefficient (Wildman–Crippen LogP) is 2.72. The van der Waals surface area contributed by atoms with E-state index >= 15 is 0 Å². The molecule has 2 aromatic heterocycles. The summed E-state index contributed by atoms with van der Waals surface area (Å²) in [5.74, 6) is 0.664. The highest BCUT2D eigenvalue weighted by atomic mass is 16.3. The zero-order chi connectivity index (χ0) is 18.8. The highest BCUT2D eigenvalue weighted by Gasteiger charge is 2.21. The Balaban J connectivity index is 1.66. The van der Waals surface area contributed by atoms with Crippen LogP contribution in [0.2, 0.25) is 0 Å². The number of imidazole rings is 1. The molecule has 2 heterocycles. The summed E-state index contributed by atoms with van der Waals surface area (Å²) in [5, 5.41) is 16.6. The minimum atomic E-state index is -0.357. The van der Waals surface area contributed by atoms with Crippen LogP contribution in [0.15, 0.2) is 60.8 Å². The van der Waals surface area contributed by atoms with Gasteiger partial charge in [0.25, 0.3) is 5.91 Å². The molecule has 0 aliphatic heterocycles. The number of amides is 1. The van der Waals surface area contributed by atoms with Crippen LogP contribution in [0.25, 0.3) is 11.0 Å². The highest BCUT2D eigenvalue weighted by Crippen LogP contribution is 2.21. The summed E-state index contributed by atoms with van der Waals surface area (Å²) in [6.45, 7) is 0. The molecule has 2 aromatic carbocycles. The average Bonchev–Trinajstić information content (AvgIpc) is 3.29. The maximum Gasteiger partial charge on any atom is 0.270 e. The molecule has 0 aliphatic carbocycles. The Labute approximate surface area is 155 Å². The number of hydrogen-bond acceptors (Lipinski definition) is 4. The number of hydrogen-bond donors (Lipinski definition) is 3. The van der Waals surface area contributed by atoms with Crippen molar-refractivity contribution in [3.8, 4) is 5.75 Å². The van der Waals surface area contributed by atoms with E-state index in [2.05, 4.69) is 20.4 Å². The SMILES string of the molecule is Cn1nccc1C(=O)N[C@@H](Cc1ccc(O)cc1)c1nc2ccccc2[nH]1. The highest BCUT2D eigenvalue weighted by molar-refractivity contribution is 5.92. The molecule has 0 aliphatic rings. The molecule has 27 heavy (non-hydrogen) atoms. The third kappa shape index (κ3) is 3.52. The van der Waals surface area contributed by atoms with E-state index in [0.29, 0.717) is 17.9 Å². The van der Waals surface area contributed by atoms with Crippen molar-refractivity contribution in [3.05, 3.63) is 77.9 Å². The molecule has 4 rings (SSSR count). The van der Waals surface area contributed by atoms with Crippen LogP contribution in [-0.2, 0) is 13.5 Å². The second-order valence-corrected chi connectivity index (χ2v) is 6.38. The topological polar surface area (TPSA) is 95.8 Å². The van der Waals surface area contributed by atoms with Crippen molar-refractivity contribution in [1.29, 1.82) is 0 Å². The van der Waals surface area contributed by atoms with Crippen molar-refractivity contribution in [3.63, 3.8) is 0 Å². The molecule has 4 aromatic rings. The van der Waals surface area contributed by atoms with E-state index in [1.54, 1.807) is 31.4 Å². The fraction of sp³-hybridized carbons (Fsp3) is 0.150. The van der Waals surface area contributed by atoms with Crippen molar-refractivity contribution in [1.82, 2.24) is 25.1 Å². The number of nitrogens with one attached hydrogen (secondary N) is 2. The van der Waals surface area contributed by atoms with Gasteiger partial charge in [-0.05, 0) is 42.3 Å². The number of carbonyl (C=O) groups is 1. The summed E-state index contributed by atoms with van der Waals surface area (Å²) in [7, 11) is 1.73. The number of fused-ring (bicyclic) bond motifs is 1. The van der Waals surface area contributed by atoms with Crippen LogP contribution in [0.3, 0.4) is 0 Å².